The number of nitrogens with zero attached hydrogens (tertiary/aromatic N) is 1. The highest BCUT2D eigenvalue weighted by molar-refractivity contribution is 8.01. The van der Waals surface area contributed by atoms with Gasteiger partial charge >= 0.3 is 0 Å². The molecule has 1 aromatic heterocycles. The Morgan fingerprint density at radius 2 is 1.95 bits per heavy atom. The minimum Gasteiger partial charge on any atom is -0.301 e. The Bertz CT molecular complexity index is 770. The molecule has 0 saturated heterocycles. The molecule has 104 valence electrons. The zero-order chi connectivity index (χ0) is 14.2. The van der Waals surface area contributed by atoms with Crippen molar-refractivity contribution < 1.29 is 4.79 Å². The summed E-state index contributed by atoms with van der Waals surface area (Å²) in [6.07, 6.45) is 0.789. The monoisotopic (exact) mass is 312 g/mol. The van der Waals surface area contributed by atoms with Gasteiger partial charge in [-0.25, -0.2) is 4.98 Å². The van der Waals surface area contributed by atoms with Crippen molar-refractivity contribution in [2.45, 2.75) is 16.6 Å². The zero-order valence-corrected chi connectivity index (χ0v) is 12.7. The van der Waals surface area contributed by atoms with Crippen LogP contribution in [0.5, 0.6) is 0 Å². The van der Waals surface area contributed by atoms with E-state index in [0.717, 1.165) is 16.6 Å². The van der Waals surface area contributed by atoms with Gasteiger partial charge in [-0.1, -0.05) is 41.7 Å². The first-order valence-corrected chi connectivity index (χ1v) is 8.40. The summed E-state index contributed by atoms with van der Waals surface area (Å²) in [5.41, 5.74) is 2.19. The first-order valence-electron chi connectivity index (χ1n) is 6.70. The molecule has 5 heteroatoms. The number of hydrogen-bond acceptors (Lipinski definition) is 4. The van der Waals surface area contributed by atoms with Gasteiger partial charge < -0.3 is 5.32 Å². The van der Waals surface area contributed by atoms with Crippen molar-refractivity contribution in [3.63, 3.8) is 0 Å². The molecule has 2 aromatic carbocycles. The van der Waals surface area contributed by atoms with Crippen LogP contribution in [0.2, 0.25) is 0 Å². The van der Waals surface area contributed by atoms with E-state index in [-0.39, 0.29) is 11.2 Å². The van der Waals surface area contributed by atoms with E-state index in [0.29, 0.717) is 5.13 Å². The molecule has 1 amide bonds. The predicted octanol–water partition coefficient (Wildman–Crippen LogP) is 3.95. The van der Waals surface area contributed by atoms with Crippen molar-refractivity contribution in [2.75, 3.05) is 5.32 Å². The van der Waals surface area contributed by atoms with Crippen LogP contribution in [0, 0.1) is 0 Å². The number of thiazole rings is 1. The number of thioether (sulfide) groups is 1. The minimum atomic E-state index is -0.0607. The standard InChI is InChI=1S/C16H12N2OS2/c19-15(14-9-10-5-1-3-7-12(10)20-14)18-16-17-11-6-2-4-8-13(11)21-16/h1-8,14H,9H2,(H,17,18,19). The van der Waals surface area contributed by atoms with Crippen molar-refractivity contribution in [2.24, 2.45) is 0 Å². The van der Waals surface area contributed by atoms with Crippen molar-refractivity contribution in [1.29, 1.82) is 0 Å². The maximum absolute atomic E-state index is 12.4. The molecule has 0 bridgehead atoms. The van der Waals surface area contributed by atoms with E-state index >= 15 is 0 Å². The summed E-state index contributed by atoms with van der Waals surface area (Å²) < 4.78 is 1.09. The van der Waals surface area contributed by atoms with Crippen LogP contribution < -0.4 is 5.32 Å². The van der Waals surface area contributed by atoms with Crippen molar-refractivity contribution >= 4 is 44.4 Å². The van der Waals surface area contributed by atoms with Crippen LogP contribution in [-0.4, -0.2) is 16.1 Å². The first-order chi connectivity index (χ1) is 10.3. The molecule has 0 fully saturated rings. The summed E-state index contributed by atoms with van der Waals surface area (Å²) in [6, 6.07) is 16.1. The van der Waals surface area contributed by atoms with Gasteiger partial charge in [0.25, 0.3) is 0 Å². The minimum absolute atomic E-state index is 0.0373. The fourth-order valence-electron chi connectivity index (χ4n) is 2.44. The predicted molar refractivity (Wildman–Crippen MR) is 88.0 cm³/mol. The highest BCUT2D eigenvalue weighted by Crippen LogP contribution is 2.37. The van der Waals surface area contributed by atoms with E-state index in [1.54, 1.807) is 11.8 Å². The van der Waals surface area contributed by atoms with E-state index in [2.05, 4.69) is 22.4 Å². The number of carbonyl (C=O) groups excluding carboxylic acids is 1. The molecule has 0 aliphatic carbocycles. The Hall–Kier alpha value is -1.85. The lowest BCUT2D eigenvalue weighted by molar-refractivity contribution is -0.115. The van der Waals surface area contributed by atoms with Gasteiger partial charge in [0, 0.05) is 4.90 Å². The topological polar surface area (TPSA) is 42.0 Å². The molecule has 2 heterocycles. The van der Waals surface area contributed by atoms with E-state index in [9.17, 15) is 4.79 Å². The first kappa shape index (κ1) is 12.9. The summed E-state index contributed by atoms with van der Waals surface area (Å²) in [5.74, 6) is 0.0373. The molecule has 4 rings (SSSR count). The van der Waals surface area contributed by atoms with E-state index in [1.165, 1.54) is 21.8 Å². The highest BCUT2D eigenvalue weighted by atomic mass is 32.2. The van der Waals surface area contributed by atoms with Gasteiger partial charge in [0.1, 0.15) is 0 Å². The molecule has 1 aliphatic rings. The number of fused-ring (bicyclic) bond motifs is 2. The van der Waals surface area contributed by atoms with Crippen molar-refractivity contribution in [3.8, 4) is 0 Å². The molecule has 0 saturated carbocycles. The molecule has 1 aliphatic heterocycles. The van der Waals surface area contributed by atoms with Gasteiger partial charge in [0.05, 0.1) is 15.5 Å². The summed E-state index contributed by atoms with van der Waals surface area (Å²) in [5, 5.41) is 3.57. The second-order valence-electron chi connectivity index (χ2n) is 4.89. The average Bonchev–Trinajstić information content (AvgIpc) is 3.10. The molecular weight excluding hydrogens is 300 g/mol. The lowest BCUT2D eigenvalue weighted by Gasteiger charge is -2.07. The van der Waals surface area contributed by atoms with E-state index < -0.39 is 0 Å². The maximum Gasteiger partial charge on any atom is 0.239 e. The average molecular weight is 312 g/mol. The summed E-state index contributed by atoms with van der Waals surface area (Å²) in [4.78, 5) is 18.1. The van der Waals surface area contributed by atoms with Gasteiger partial charge in [-0.3, -0.25) is 4.79 Å². The van der Waals surface area contributed by atoms with E-state index in [1.807, 2.05) is 36.4 Å². The van der Waals surface area contributed by atoms with Crippen LogP contribution in [0.15, 0.2) is 53.4 Å². The lowest BCUT2D eigenvalue weighted by Crippen LogP contribution is -2.24. The summed E-state index contributed by atoms with van der Waals surface area (Å²) in [6.45, 7) is 0. The van der Waals surface area contributed by atoms with Crippen LogP contribution in [0.1, 0.15) is 5.56 Å². The number of anilines is 1. The summed E-state index contributed by atoms with van der Waals surface area (Å²) >= 11 is 3.15. The van der Waals surface area contributed by atoms with Crippen LogP contribution in [-0.2, 0) is 11.2 Å². The molecule has 21 heavy (non-hydrogen) atoms. The molecule has 1 atom stereocenters. The normalized spacial score (nSPS) is 16.9. The molecule has 0 spiro atoms. The SMILES string of the molecule is O=C(Nc1nc2ccccc2s1)C1Cc2ccccc2S1. The van der Waals surface area contributed by atoms with Gasteiger partial charge in [-0.15, -0.1) is 11.8 Å². The number of benzene rings is 2. The summed E-state index contributed by atoms with van der Waals surface area (Å²) in [7, 11) is 0. The largest absolute Gasteiger partial charge is 0.301 e. The maximum atomic E-state index is 12.4. The Balaban J connectivity index is 1.52. The molecule has 3 nitrogen and oxygen atoms in total. The number of hydrogen-bond donors (Lipinski definition) is 1. The Morgan fingerprint density at radius 1 is 1.14 bits per heavy atom. The van der Waals surface area contributed by atoms with Crippen LogP contribution >= 0.6 is 23.1 Å². The van der Waals surface area contributed by atoms with Gasteiger partial charge in [-0.05, 0) is 30.2 Å². The number of nitrogens with one attached hydrogen (secondary N) is 1. The Kier molecular flexibility index (Phi) is 3.16. The number of aromatic nitrogens is 1. The van der Waals surface area contributed by atoms with E-state index in [4.69, 9.17) is 0 Å². The van der Waals surface area contributed by atoms with Crippen molar-refractivity contribution in [1.82, 2.24) is 4.98 Å². The zero-order valence-electron chi connectivity index (χ0n) is 11.1. The Labute approximate surface area is 130 Å². The van der Waals surface area contributed by atoms with Crippen LogP contribution in [0.3, 0.4) is 0 Å². The number of carbonyl (C=O) groups is 1. The second kappa shape index (κ2) is 5.16. The number of rotatable bonds is 2. The number of para-hydroxylation sites is 1. The third kappa shape index (κ3) is 2.43. The third-order valence-corrected chi connectivity index (χ3v) is 5.73. The second-order valence-corrected chi connectivity index (χ2v) is 7.17. The van der Waals surface area contributed by atoms with Gasteiger partial charge in [0.15, 0.2) is 5.13 Å². The molecule has 3 aromatic rings. The molecule has 1 N–H and O–H groups in total. The van der Waals surface area contributed by atoms with Gasteiger partial charge in [0.2, 0.25) is 5.91 Å². The smallest absolute Gasteiger partial charge is 0.239 e. The van der Waals surface area contributed by atoms with Gasteiger partial charge in [-0.2, -0.15) is 0 Å². The Morgan fingerprint density at radius 3 is 2.81 bits per heavy atom. The molecular formula is C16H12N2OS2. The van der Waals surface area contributed by atoms with Crippen LogP contribution in [0.4, 0.5) is 5.13 Å². The highest BCUT2D eigenvalue weighted by Gasteiger charge is 2.28. The quantitative estimate of drug-likeness (QED) is 0.779. The van der Waals surface area contributed by atoms with Crippen molar-refractivity contribution in [3.05, 3.63) is 54.1 Å². The fourth-order valence-corrected chi connectivity index (χ4v) is 4.50. The van der Waals surface area contributed by atoms with Crippen LogP contribution in [0.25, 0.3) is 10.2 Å². The third-order valence-electron chi connectivity index (χ3n) is 3.46. The fraction of sp³-hybridized carbons (Fsp3) is 0.125. The molecule has 1 unspecified atom stereocenters. The number of amides is 1. The molecule has 0 radical (unpaired) electrons. The lowest BCUT2D eigenvalue weighted by atomic mass is 10.1.